The van der Waals surface area contributed by atoms with Gasteiger partial charge in [0.2, 0.25) is 5.91 Å². The van der Waals surface area contributed by atoms with E-state index in [1.54, 1.807) is 12.3 Å². The molecule has 0 fully saturated rings. The van der Waals surface area contributed by atoms with Crippen LogP contribution in [0.15, 0.2) is 23.6 Å². The Balaban J connectivity index is 2.01. The Morgan fingerprint density at radius 2 is 2.09 bits per heavy atom. The van der Waals surface area contributed by atoms with Gasteiger partial charge in [0.25, 0.3) is 0 Å². The van der Waals surface area contributed by atoms with Crippen LogP contribution in [-0.4, -0.2) is 10.9 Å². The third-order valence-electron chi connectivity index (χ3n) is 2.87. The molecule has 118 valence electrons. The number of hydrogen-bond acceptors (Lipinski definition) is 3. The molecule has 8 heteroatoms. The number of halogens is 4. The van der Waals surface area contributed by atoms with E-state index in [2.05, 4.69) is 10.3 Å². The SMILES string of the molecule is Cc1nc(CC(=O)NCc2cccc(C(F)(F)F)c2F)cs1. The fourth-order valence-corrected chi connectivity index (χ4v) is 2.46. The summed E-state index contributed by atoms with van der Waals surface area (Å²) < 4.78 is 51.5. The van der Waals surface area contributed by atoms with Gasteiger partial charge in [0.05, 0.1) is 22.7 Å². The van der Waals surface area contributed by atoms with Gasteiger partial charge in [-0.2, -0.15) is 13.2 Å². The molecule has 0 bridgehead atoms. The second-order valence-corrected chi connectivity index (χ2v) is 5.65. The summed E-state index contributed by atoms with van der Waals surface area (Å²) in [4.78, 5) is 15.8. The Hall–Kier alpha value is -1.96. The van der Waals surface area contributed by atoms with Crippen molar-refractivity contribution in [3.8, 4) is 0 Å². The number of amides is 1. The molecule has 0 unspecified atom stereocenters. The van der Waals surface area contributed by atoms with Gasteiger partial charge in [-0.25, -0.2) is 9.37 Å². The summed E-state index contributed by atoms with van der Waals surface area (Å²) in [7, 11) is 0. The first-order valence-electron chi connectivity index (χ1n) is 6.29. The molecule has 22 heavy (non-hydrogen) atoms. The maximum Gasteiger partial charge on any atom is 0.419 e. The first-order valence-corrected chi connectivity index (χ1v) is 7.17. The number of nitrogens with zero attached hydrogens (tertiary/aromatic N) is 1. The third-order valence-corrected chi connectivity index (χ3v) is 3.69. The lowest BCUT2D eigenvalue weighted by atomic mass is 10.1. The molecule has 0 spiro atoms. The quantitative estimate of drug-likeness (QED) is 0.871. The zero-order valence-electron chi connectivity index (χ0n) is 11.5. The van der Waals surface area contributed by atoms with Crippen LogP contribution in [0.4, 0.5) is 17.6 Å². The van der Waals surface area contributed by atoms with Crippen LogP contribution in [0.2, 0.25) is 0 Å². The summed E-state index contributed by atoms with van der Waals surface area (Å²) in [5.74, 6) is -1.79. The van der Waals surface area contributed by atoms with E-state index in [-0.39, 0.29) is 18.5 Å². The number of aromatic nitrogens is 1. The largest absolute Gasteiger partial charge is 0.419 e. The van der Waals surface area contributed by atoms with E-state index in [1.807, 2.05) is 0 Å². The molecule has 1 aromatic carbocycles. The average Bonchev–Trinajstić information content (AvgIpc) is 2.81. The fraction of sp³-hybridized carbons (Fsp3) is 0.286. The van der Waals surface area contributed by atoms with Gasteiger partial charge in [-0.1, -0.05) is 12.1 Å². The molecule has 0 radical (unpaired) electrons. The number of nitrogens with one attached hydrogen (secondary N) is 1. The van der Waals surface area contributed by atoms with Gasteiger partial charge < -0.3 is 5.32 Å². The van der Waals surface area contributed by atoms with Gasteiger partial charge >= 0.3 is 6.18 Å². The molecule has 1 amide bonds. The first kappa shape index (κ1) is 16.4. The van der Waals surface area contributed by atoms with E-state index in [0.29, 0.717) is 11.8 Å². The minimum Gasteiger partial charge on any atom is -0.352 e. The Kier molecular flexibility index (Phi) is 4.80. The fourth-order valence-electron chi connectivity index (χ4n) is 1.85. The number of carbonyl (C=O) groups excluding carboxylic acids is 1. The minimum absolute atomic E-state index is 0.00488. The van der Waals surface area contributed by atoms with E-state index >= 15 is 0 Å². The van der Waals surface area contributed by atoms with Crippen LogP contribution >= 0.6 is 11.3 Å². The molecule has 0 aliphatic carbocycles. The Morgan fingerprint density at radius 3 is 2.68 bits per heavy atom. The minimum atomic E-state index is -4.76. The normalized spacial score (nSPS) is 11.5. The Morgan fingerprint density at radius 1 is 1.36 bits per heavy atom. The number of alkyl halides is 3. The highest BCUT2D eigenvalue weighted by Crippen LogP contribution is 2.32. The maximum atomic E-state index is 13.8. The van der Waals surface area contributed by atoms with E-state index < -0.39 is 23.5 Å². The molecule has 2 rings (SSSR count). The summed E-state index contributed by atoms with van der Waals surface area (Å²) in [6.45, 7) is 1.49. The predicted octanol–water partition coefficient (Wildman–Crippen LogP) is 3.47. The number of rotatable bonds is 4. The highest BCUT2D eigenvalue weighted by Gasteiger charge is 2.34. The highest BCUT2D eigenvalue weighted by molar-refractivity contribution is 7.09. The second-order valence-electron chi connectivity index (χ2n) is 4.59. The lowest BCUT2D eigenvalue weighted by molar-refractivity contribution is -0.140. The highest BCUT2D eigenvalue weighted by atomic mass is 32.1. The second kappa shape index (κ2) is 6.43. The molecular formula is C14H12F4N2OS. The van der Waals surface area contributed by atoms with Crippen LogP contribution in [-0.2, 0) is 23.9 Å². The summed E-state index contributed by atoms with van der Waals surface area (Å²) in [5, 5.41) is 4.93. The first-order chi connectivity index (χ1) is 10.3. The lowest BCUT2D eigenvalue weighted by Crippen LogP contribution is -2.25. The zero-order valence-corrected chi connectivity index (χ0v) is 12.3. The molecule has 0 atom stereocenters. The molecule has 2 aromatic rings. The third kappa shape index (κ3) is 4.03. The van der Waals surface area contributed by atoms with Crippen LogP contribution < -0.4 is 5.32 Å². The Bertz CT molecular complexity index is 682. The monoisotopic (exact) mass is 332 g/mol. The van der Waals surface area contributed by atoms with E-state index in [1.165, 1.54) is 17.4 Å². The van der Waals surface area contributed by atoms with E-state index in [0.717, 1.165) is 11.1 Å². The molecule has 1 aromatic heterocycles. The van der Waals surface area contributed by atoms with Crippen molar-refractivity contribution in [3.63, 3.8) is 0 Å². The number of hydrogen-bond donors (Lipinski definition) is 1. The molecule has 1 N–H and O–H groups in total. The van der Waals surface area contributed by atoms with Gasteiger partial charge in [-0.3, -0.25) is 4.79 Å². The van der Waals surface area contributed by atoms with Crippen molar-refractivity contribution in [1.29, 1.82) is 0 Å². The van der Waals surface area contributed by atoms with Crippen molar-refractivity contribution in [2.45, 2.75) is 26.1 Å². The molecule has 0 aliphatic rings. The average molecular weight is 332 g/mol. The van der Waals surface area contributed by atoms with E-state index in [4.69, 9.17) is 0 Å². The van der Waals surface area contributed by atoms with Crippen LogP contribution in [0.3, 0.4) is 0 Å². The number of thiazole rings is 1. The summed E-state index contributed by atoms with van der Waals surface area (Å²) in [6.07, 6.45) is -4.76. The van der Waals surface area contributed by atoms with Crippen molar-refractivity contribution < 1.29 is 22.4 Å². The predicted molar refractivity (Wildman–Crippen MR) is 73.8 cm³/mol. The zero-order chi connectivity index (χ0) is 16.3. The van der Waals surface area contributed by atoms with Crippen molar-refractivity contribution in [3.05, 3.63) is 51.2 Å². The van der Waals surface area contributed by atoms with Crippen LogP contribution in [0.5, 0.6) is 0 Å². The molecule has 0 saturated heterocycles. The molecule has 0 saturated carbocycles. The van der Waals surface area contributed by atoms with Crippen molar-refractivity contribution >= 4 is 17.2 Å². The van der Waals surface area contributed by atoms with Crippen molar-refractivity contribution in [2.75, 3.05) is 0 Å². The van der Waals surface area contributed by atoms with Gasteiger partial charge in [-0.15, -0.1) is 11.3 Å². The molecule has 0 aliphatic heterocycles. The topological polar surface area (TPSA) is 42.0 Å². The number of carbonyl (C=O) groups is 1. The van der Waals surface area contributed by atoms with Gasteiger partial charge in [-0.05, 0) is 13.0 Å². The van der Waals surface area contributed by atoms with E-state index in [9.17, 15) is 22.4 Å². The molecule has 1 heterocycles. The number of benzene rings is 1. The number of aryl methyl sites for hydroxylation is 1. The standard InChI is InChI=1S/C14H12F4N2OS/c1-8-20-10(7-22-8)5-12(21)19-6-9-3-2-4-11(13(9)15)14(16,17)18/h2-4,7H,5-6H2,1H3,(H,19,21). The summed E-state index contributed by atoms with van der Waals surface area (Å²) in [6, 6.07) is 2.98. The molecule has 3 nitrogen and oxygen atoms in total. The van der Waals surface area contributed by atoms with Crippen LogP contribution in [0.1, 0.15) is 21.8 Å². The smallest absolute Gasteiger partial charge is 0.352 e. The van der Waals surface area contributed by atoms with Crippen LogP contribution in [0.25, 0.3) is 0 Å². The van der Waals surface area contributed by atoms with Crippen LogP contribution in [0, 0.1) is 12.7 Å². The maximum absolute atomic E-state index is 13.8. The van der Waals surface area contributed by atoms with Gasteiger partial charge in [0, 0.05) is 17.5 Å². The van der Waals surface area contributed by atoms with Gasteiger partial charge in [0.15, 0.2) is 0 Å². The Labute approximate surface area is 128 Å². The van der Waals surface area contributed by atoms with Gasteiger partial charge in [0.1, 0.15) is 5.82 Å². The van der Waals surface area contributed by atoms with Crippen molar-refractivity contribution in [1.82, 2.24) is 10.3 Å². The summed E-state index contributed by atoms with van der Waals surface area (Å²) >= 11 is 1.39. The summed E-state index contributed by atoms with van der Waals surface area (Å²) in [5.41, 5.74) is -0.975. The lowest BCUT2D eigenvalue weighted by Gasteiger charge is -2.11. The molecular weight excluding hydrogens is 320 g/mol. The van der Waals surface area contributed by atoms with Crippen molar-refractivity contribution in [2.24, 2.45) is 0 Å².